The fraction of sp³-hybridized carbons (Fsp3) is 0.120. The van der Waals surface area contributed by atoms with E-state index in [0.717, 1.165) is 11.3 Å². The van der Waals surface area contributed by atoms with Gasteiger partial charge >= 0.3 is 5.97 Å². The average molecular weight is 457 g/mol. The molecule has 4 heterocycles. The van der Waals surface area contributed by atoms with E-state index in [-0.39, 0.29) is 17.6 Å². The van der Waals surface area contributed by atoms with Crippen LogP contribution in [0.15, 0.2) is 89.7 Å². The minimum atomic E-state index is -1.00. The molecule has 0 spiro atoms. The molecule has 1 saturated heterocycles. The highest BCUT2D eigenvalue weighted by molar-refractivity contribution is 7.80. The number of hydrogen-bond acceptors (Lipinski definition) is 5. The van der Waals surface area contributed by atoms with Gasteiger partial charge in [-0.2, -0.15) is 0 Å². The van der Waals surface area contributed by atoms with Crippen molar-refractivity contribution in [2.45, 2.75) is 18.6 Å². The third kappa shape index (κ3) is 4.08. The Labute approximate surface area is 195 Å². The molecule has 1 aliphatic heterocycles. The molecule has 4 aromatic rings. The number of pyridine rings is 2. The van der Waals surface area contributed by atoms with Crippen molar-refractivity contribution in [3.05, 3.63) is 108 Å². The van der Waals surface area contributed by atoms with Crippen molar-refractivity contribution in [2.24, 2.45) is 0 Å². The highest BCUT2D eigenvalue weighted by Gasteiger charge is 2.41. The molecule has 7 nitrogen and oxygen atoms in total. The van der Waals surface area contributed by atoms with Gasteiger partial charge in [0.15, 0.2) is 5.11 Å². The maximum Gasteiger partial charge on any atom is 0.336 e. The number of aromatic carboxylic acids is 1. The van der Waals surface area contributed by atoms with E-state index >= 15 is 0 Å². The van der Waals surface area contributed by atoms with Gasteiger partial charge in [0.1, 0.15) is 17.6 Å². The SMILES string of the molecule is O=C(O)c1ccccc1-c1ccc([C@H]2[C@@H](c3ccccn3)NC(=S)N2Cc2cccnc2)o1. The van der Waals surface area contributed by atoms with Crippen LogP contribution in [0.25, 0.3) is 11.3 Å². The summed E-state index contributed by atoms with van der Waals surface area (Å²) in [6.45, 7) is 0.537. The molecule has 0 unspecified atom stereocenters. The molecular formula is C25H20N4O3S. The van der Waals surface area contributed by atoms with Crippen LogP contribution in [0.3, 0.4) is 0 Å². The Balaban J connectivity index is 1.56. The van der Waals surface area contributed by atoms with Gasteiger partial charge < -0.3 is 19.7 Å². The zero-order valence-electron chi connectivity index (χ0n) is 17.5. The van der Waals surface area contributed by atoms with Gasteiger partial charge in [0, 0.05) is 30.7 Å². The molecule has 3 aromatic heterocycles. The van der Waals surface area contributed by atoms with Gasteiger partial charge in [0.05, 0.1) is 17.3 Å². The van der Waals surface area contributed by atoms with E-state index in [9.17, 15) is 9.90 Å². The van der Waals surface area contributed by atoms with Gasteiger partial charge in [-0.25, -0.2) is 4.79 Å². The normalized spacial score (nSPS) is 17.7. The lowest BCUT2D eigenvalue weighted by Crippen LogP contribution is -2.29. The van der Waals surface area contributed by atoms with Gasteiger partial charge in [0.25, 0.3) is 0 Å². The monoisotopic (exact) mass is 456 g/mol. The number of thiocarbonyl (C=S) groups is 1. The van der Waals surface area contributed by atoms with Crippen molar-refractivity contribution >= 4 is 23.3 Å². The Bertz CT molecular complexity index is 1290. The van der Waals surface area contributed by atoms with Gasteiger partial charge in [-0.3, -0.25) is 9.97 Å². The van der Waals surface area contributed by atoms with Crippen LogP contribution in [0.5, 0.6) is 0 Å². The molecule has 0 saturated carbocycles. The number of benzene rings is 1. The number of nitrogens with one attached hydrogen (secondary N) is 1. The smallest absolute Gasteiger partial charge is 0.336 e. The van der Waals surface area contributed by atoms with Crippen molar-refractivity contribution in [1.82, 2.24) is 20.2 Å². The number of nitrogens with zero attached hydrogens (tertiary/aromatic N) is 3. The molecule has 2 atom stereocenters. The Hall–Kier alpha value is -4.04. The first-order valence-electron chi connectivity index (χ1n) is 10.4. The maximum atomic E-state index is 11.7. The van der Waals surface area contributed by atoms with E-state index in [1.54, 1.807) is 42.7 Å². The molecule has 0 radical (unpaired) electrons. The number of aromatic nitrogens is 2. The summed E-state index contributed by atoms with van der Waals surface area (Å²) < 4.78 is 6.26. The number of furan rings is 1. The lowest BCUT2D eigenvalue weighted by atomic mass is 10.0. The highest BCUT2D eigenvalue weighted by atomic mass is 32.1. The van der Waals surface area contributed by atoms with Gasteiger partial charge in [-0.1, -0.05) is 30.3 Å². The largest absolute Gasteiger partial charge is 0.478 e. The lowest BCUT2D eigenvalue weighted by molar-refractivity contribution is 0.0697. The molecule has 5 rings (SSSR count). The molecular weight excluding hydrogens is 436 g/mol. The first kappa shape index (κ1) is 20.8. The third-order valence-electron chi connectivity index (χ3n) is 5.61. The van der Waals surface area contributed by atoms with Crippen LogP contribution in [-0.4, -0.2) is 31.1 Å². The first-order valence-corrected chi connectivity index (χ1v) is 10.8. The van der Waals surface area contributed by atoms with Crippen LogP contribution in [0.4, 0.5) is 0 Å². The summed E-state index contributed by atoms with van der Waals surface area (Å²) in [5, 5.41) is 13.6. The summed E-state index contributed by atoms with van der Waals surface area (Å²) in [7, 11) is 0. The quantitative estimate of drug-likeness (QED) is 0.407. The second kappa shape index (κ2) is 8.84. The summed E-state index contributed by atoms with van der Waals surface area (Å²) in [6, 6.07) is 19.6. The molecule has 1 aromatic carbocycles. The van der Waals surface area contributed by atoms with E-state index in [0.29, 0.717) is 28.7 Å². The second-order valence-corrected chi connectivity index (χ2v) is 8.06. The zero-order chi connectivity index (χ0) is 22.8. The second-order valence-electron chi connectivity index (χ2n) is 7.67. The molecule has 1 aliphatic rings. The Kier molecular flexibility index (Phi) is 5.58. The third-order valence-corrected chi connectivity index (χ3v) is 5.97. The number of rotatable bonds is 6. The minimum Gasteiger partial charge on any atom is -0.478 e. The first-order chi connectivity index (χ1) is 16.1. The number of hydrogen-bond donors (Lipinski definition) is 2. The highest BCUT2D eigenvalue weighted by Crippen LogP contribution is 2.41. The van der Waals surface area contributed by atoms with Crippen LogP contribution >= 0.6 is 12.2 Å². The Morgan fingerprint density at radius 3 is 2.67 bits per heavy atom. The number of carboxylic acids is 1. The Morgan fingerprint density at radius 1 is 1.06 bits per heavy atom. The van der Waals surface area contributed by atoms with E-state index in [1.165, 1.54) is 0 Å². The summed E-state index contributed by atoms with van der Waals surface area (Å²) in [4.78, 5) is 22.5. The molecule has 2 N–H and O–H groups in total. The average Bonchev–Trinajstić information content (AvgIpc) is 3.45. The molecule has 0 aliphatic carbocycles. The molecule has 0 bridgehead atoms. The van der Waals surface area contributed by atoms with E-state index in [1.807, 2.05) is 42.6 Å². The summed E-state index contributed by atoms with van der Waals surface area (Å²) in [5.41, 5.74) is 2.56. The van der Waals surface area contributed by atoms with Gasteiger partial charge in [-0.15, -0.1) is 0 Å². The van der Waals surface area contributed by atoms with Crippen molar-refractivity contribution in [2.75, 3.05) is 0 Å². The van der Waals surface area contributed by atoms with Crippen LogP contribution in [0.1, 0.15) is 39.5 Å². The van der Waals surface area contributed by atoms with Crippen molar-refractivity contribution in [3.63, 3.8) is 0 Å². The van der Waals surface area contributed by atoms with Crippen molar-refractivity contribution in [3.8, 4) is 11.3 Å². The fourth-order valence-corrected chi connectivity index (χ4v) is 4.42. The van der Waals surface area contributed by atoms with Crippen LogP contribution in [0, 0.1) is 0 Å². The maximum absolute atomic E-state index is 11.7. The summed E-state index contributed by atoms with van der Waals surface area (Å²) >= 11 is 5.70. The van der Waals surface area contributed by atoms with E-state index in [4.69, 9.17) is 16.6 Å². The van der Waals surface area contributed by atoms with Crippen LogP contribution in [-0.2, 0) is 6.54 Å². The van der Waals surface area contributed by atoms with Crippen LogP contribution in [0.2, 0.25) is 0 Å². The predicted molar refractivity (Wildman–Crippen MR) is 126 cm³/mol. The zero-order valence-corrected chi connectivity index (χ0v) is 18.3. The van der Waals surface area contributed by atoms with Crippen LogP contribution < -0.4 is 5.32 Å². The fourth-order valence-electron chi connectivity index (χ4n) is 4.11. The van der Waals surface area contributed by atoms with Gasteiger partial charge in [0.2, 0.25) is 0 Å². The standard InChI is InChI=1S/C25H20N4O3S/c30-24(31)18-8-2-1-7-17(18)20-10-11-21(32-20)23-22(19-9-3-4-13-27-19)28-25(33)29(23)15-16-6-5-12-26-14-16/h1-14,22-23H,15H2,(H,28,33)(H,30,31)/t22-,23+/m1/s1. The lowest BCUT2D eigenvalue weighted by Gasteiger charge is -2.26. The molecule has 164 valence electrons. The predicted octanol–water partition coefficient (Wildman–Crippen LogP) is 4.61. The Morgan fingerprint density at radius 2 is 1.91 bits per heavy atom. The number of carbonyl (C=O) groups is 1. The summed E-state index contributed by atoms with van der Waals surface area (Å²) in [5.74, 6) is 0.149. The van der Waals surface area contributed by atoms with E-state index < -0.39 is 5.97 Å². The molecule has 0 amide bonds. The molecule has 33 heavy (non-hydrogen) atoms. The number of carboxylic acid groups (broad SMARTS) is 1. The molecule has 1 fully saturated rings. The van der Waals surface area contributed by atoms with Gasteiger partial charge in [-0.05, 0) is 54.2 Å². The van der Waals surface area contributed by atoms with Crippen molar-refractivity contribution in [1.29, 1.82) is 0 Å². The summed E-state index contributed by atoms with van der Waals surface area (Å²) in [6.07, 6.45) is 5.29. The minimum absolute atomic E-state index is 0.187. The van der Waals surface area contributed by atoms with E-state index in [2.05, 4.69) is 20.2 Å². The topological polar surface area (TPSA) is 91.5 Å². The molecule has 8 heteroatoms. The van der Waals surface area contributed by atoms with Crippen molar-refractivity contribution < 1.29 is 14.3 Å².